The molecule has 0 saturated heterocycles. The zero-order valence-corrected chi connectivity index (χ0v) is 17.3. The number of hydrogen-bond donors (Lipinski definition) is 1. The van der Waals surface area contributed by atoms with Crippen molar-refractivity contribution in [2.24, 2.45) is 0 Å². The second-order valence-electron chi connectivity index (χ2n) is 7.44. The number of anilines is 3. The summed E-state index contributed by atoms with van der Waals surface area (Å²) in [6.45, 7) is 2.12. The van der Waals surface area contributed by atoms with E-state index >= 15 is 0 Å². The fourth-order valence-electron chi connectivity index (χ4n) is 3.95. The Labute approximate surface area is 182 Å². The molecule has 0 atom stereocenters. The number of nitrogens with zero attached hydrogens (tertiary/aromatic N) is 4. The molecule has 0 bridgehead atoms. The van der Waals surface area contributed by atoms with Crippen molar-refractivity contribution in [3.63, 3.8) is 0 Å². The second kappa shape index (κ2) is 7.28. The highest BCUT2D eigenvalue weighted by molar-refractivity contribution is 6.31. The topological polar surface area (TPSA) is 85.0 Å². The molecule has 0 saturated carbocycles. The molecule has 3 heterocycles. The first-order valence-electron chi connectivity index (χ1n) is 9.69. The Morgan fingerprint density at radius 2 is 1.97 bits per heavy atom. The van der Waals surface area contributed by atoms with Gasteiger partial charge in [0.15, 0.2) is 5.78 Å². The van der Waals surface area contributed by atoms with Gasteiger partial charge in [-0.3, -0.25) is 4.79 Å². The number of fused-ring (bicyclic) bond motifs is 2. The van der Waals surface area contributed by atoms with Gasteiger partial charge in [0.2, 0.25) is 0 Å². The summed E-state index contributed by atoms with van der Waals surface area (Å²) in [5.41, 5.74) is 10.3. The molecule has 31 heavy (non-hydrogen) atoms. The maximum absolute atomic E-state index is 13.9. The number of carbonyl (C=O) groups excluding carboxylic acids is 1. The average Bonchev–Trinajstić information content (AvgIpc) is 3.15. The van der Waals surface area contributed by atoms with E-state index in [1.54, 1.807) is 18.3 Å². The predicted octanol–water partition coefficient (Wildman–Crippen LogP) is 4.96. The standard InChI is InChI=1S/C23H17ClFN5O/c1-12(31)16-7-15(10-27-22(16)26)13-2-3-20-17(6-13)23(29-11-28-20)30-5-4-14-8-19(25)18(24)9-21(14)30/h2-3,6-11H,4-5H2,1H3,(H2,26,27). The Morgan fingerprint density at radius 1 is 1.13 bits per heavy atom. The van der Waals surface area contributed by atoms with Crippen LogP contribution in [0.1, 0.15) is 22.8 Å². The lowest BCUT2D eigenvalue weighted by Crippen LogP contribution is -2.15. The van der Waals surface area contributed by atoms with E-state index in [0.29, 0.717) is 24.3 Å². The number of aromatic nitrogens is 3. The van der Waals surface area contributed by atoms with E-state index in [4.69, 9.17) is 17.3 Å². The number of carbonyl (C=O) groups is 1. The lowest BCUT2D eigenvalue weighted by Gasteiger charge is -2.20. The van der Waals surface area contributed by atoms with E-state index in [1.807, 2.05) is 23.1 Å². The molecule has 154 valence electrons. The minimum atomic E-state index is -0.422. The molecule has 8 heteroatoms. The Bertz CT molecular complexity index is 1370. The zero-order chi connectivity index (χ0) is 21.7. The summed E-state index contributed by atoms with van der Waals surface area (Å²) in [6.07, 6.45) is 3.84. The van der Waals surface area contributed by atoms with Crippen LogP contribution in [0.5, 0.6) is 0 Å². The summed E-state index contributed by atoms with van der Waals surface area (Å²) >= 11 is 6.04. The lowest BCUT2D eigenvalue weighted by molar-refractivity contribution is 0.101. The number of nitrogen functional groups attached to an aromatic ring is 1. The van der Waals surface area contributed by atoms with Crippen LogP contribution >= 0.6 is 11.6 Å². The molecule has 0 spiro atoms. The molecule has 2 aromatic heterocycles. The van der Waals surface area contributed by atoms with Crippen LogP contribution in [-0.4, -0.2) is 27.3 Å². The highest BCUT2D eigenvalue weighted by Crippen LogP contribution is 2.39. The largest absolute Gasteiger partial charge is 0.383 e. The number of hydrogen-bond acceptors (Lipinski definition) is 6. The Morgan fingerprint density at radius 3 is 2.77 bits per heavy atom. The van der Waals surface area contributed by atoms with Crippen LogP contribution in [0.15, 0.2) is 48.9 Å². The highest BCUT2D eigenvalue weighted by Gasteiger charge is 2.25. The third-order valence-electron chi connectivity index (χ3n) is 5.52. The van der Waals surface area contributed by atoms with Crippen molar-refractivity contribution in [1.29, 1.82) is 0 Å². The van der Waals surface area contributed by atoms with Gasteiger partial charge in [-0.1, -0.05) is 17.7 Å². The summed E-state index contributed by atoms with van der Waals surface area (Å²) in [7, 11) is 0. The molecule has 0 amide bonds. The number of benzene rings is 2. The van der Waals surface area contributed by atoms with E-state index in [0.717, 1.165) is 33.3 Å². The maximum atomic E-state index is 13.9. The summed E-state index contributed by atoms with van der Waals surface area (Å²) in [4.78, 5) is 27.0. The molecular weight excluding hydrogens is 417 g/mol. The fourth-order valence-corrected chi connectivity index (χ4v) is 4.11. The number of halogens is 2. The van der Waals surface area contributed by atoms with Crippen molar-refractivity contribution >= 4 is 45.6 Å². The summed E-state index contributed by atoms with van der Waals surface area (Å²) in [6, 6.07) is 10.6. The van der Waals surface area contributed by atoms with E-state index in [2.05, 4.69) is 15.0 Å². The molecule has 2 aromatic carbocycles. The van der Waals surface area contributed by atoms with E-state index < -0.39 is 5.82 Å². The SMILES string of the molecule is CC(=O)c1cc(-c2ccc3ncnc(N4CCc5cc(F)c(Cl)cc54)c3c2)cnc1N. The van der Waals surface area contributed by atoms with Crippen molar-refractivity contribution < 1.29 is 9.18 Å². The molecule has 0 unspecified atom stereocenters. The van der Waals surface area contributed by atoms with Gasteiger partial charge in [-0.15, -0.1) is 0 Å². The summed E-state index contributed by atoms with van der Waals surface area (Å²) in [5.74, 6) is 0.353. The Balaban J connectivity index is 1.65. The van der Waals surface area contributed by atoms with Crippen LogP contribution < -0.4 is 10.6 Å². The quantitative estimate of drug-likeness (QED) is 0.459. The number of ketones is 1. The third kappa shape index (κ3) is 3.27. The molecular formula is C23H17ClFN5O. The molecule has 0 aliphatic carbocycles. The number of nitrogens with two attached hydrogens (primary N) is 1. The number of rotatable bonds is 3. The molecule has 1 aliphatic rings. The van der Waals surface area contributed by atoms with Crippen LogP contribution in [0, 0.1) is 5.82 Å². The number of Topliss-reactive ketones (excluding diaryl/α,β-unsaturated/α-hetero) is 1. The zero-order valence-electron chi connectivity index (χ0n) is 16.6. The molecule has 2 N–H and O–H groups in total. The predicted molar refractivity (Wildman–Crippen MR) is 119 cm³/mol. The number of pyridine rings is 1. The van der Waals surface area contributed by atoms with Crippen LogP contribution in [0.2, 0.25) is 5.02 Å². The van der Waals surface area contributed by atoms with Gasteiger partial charge in [0.25, 0.3) is 0 Å². The molecule has 0 fully saturated rings. The van der Waals surface area contributed by atoms with Crippen LogP contribution in [0.3, 0.4) is 0 Å². The van der Waals surface area contributed by atoms with Gasteiger partial charge < -0.3 is 10.6 Å². The molecule has 5 rings (SSSR count). The van der Waals surface area contributed by atoms with E-state index in [-0.39, 0.29) is 16.6 Å². The summed E-state index contributed by atoms with van der Waals surface area (Å²) < 4.78 is 13.9. The molecule has 1 aliphatic heterocycles. The summed E-state index contributed by atoms with van der Waals surface area (Å²) in [5, 5.41) is 0.906. The van der Waals surface area contributed by atoms with Crippen LogP contribution in [0.25, 0.3) is 22.0 Å². The van der Waals surface area contributed by atoms with Crippen molar-refractivity contribution in [1.82, 2.24) is 15.0 Å². The van der Waals surface area contributed by atoms with Gasteiger partial charge >= 0.3 is 0 Å². The second-order valence-corrected chi connectivity index (χ2v) is 7.85. The van der Waals surface area contributed by atoms with Gasteiger partial charge in [-0.2, -0.15) is 0 Å². The van der Waals surface area contributed by atoms with Crippen molar-refractivity contribution in [2.45, 2.75) is 13.3 Å². The first-order chi connectivity index (χ1) is 14.9. The Kier molecular flexibility index (Phi) is 4.55. The Hall–Kier alpha value is -3.58. The monoisotopic (exact) mass is 433 g/mol. The van der Waals surface area contributed by atoms with Gasteiger partial charge in [0.1, 0.15) is 23.8 Å². The average molecular weight is 434 g/mol. The van der Waals surface area contributed by atoms with E-state index in [1.165, 1.54) is 19.3 Å². The minimum Gasteiger partial charge on any atom is -0.383 e. The van der Waals surface area contributed by atoms with Gasteiger partial charge in [0.05, 0.1) is 16.1 Å². The van der Waals surface area contributed by atoms with Gasteiger partial charge in [-0.25, -0.2) is 19.3 Å². The first-order valence-corrected chi connectivity index (χ1v) is 10.1. The molecule has 0 radical (unpaired) electrons. The van der Waals surface area contributed by atoms with Crippen molar-refractivity contribution in [3.05, 3.63) is 70.9 Å². The molecule has 4 aromatic rings. The maximum Gasteiger partial charge on any atom is 0.163 e. The minimum absolute atomic E-state index is 0.0782. The first kappa shape index (κ1) is 19.4. The van der Waals surface area contributed by atoms with Crippen molar-refractivity contribution in [2.75, 3.05) is 17.2 Å². The lowest BCUT2D eigenvalue weighted by atomic mass is 10.0. The normalized spacial score (nSPS) is 12.9. The fraction of sp³-hybridized carbons (Fsp3) is 0.130. The van der Waals surface area contributed by atoms with E-state index in [9.17, 15) is 9.18 Å². The smallest absolute Gasteiger partial charge is 0.163 e. The van der Waals surface area contributed by atoms with Crippen LogP contribution in [-0.2, 0) is 6.42 Å². The molecule has 6 nitrogen and oxygen atoms in total. The van der Waals surface area contributed by atoms with Gasteiger partial charge in [0, 0.05) is 29.4 Å². The third-order valence-corrected chi connectivity index (χ3v) is 5.81. The van der Waals surface area contributed by atoms with Crippen molar-refractivity contribution in [3.8, 4) is 11.1 Å². The van der Waals surface area contributed by atoms with Crippen LogP contribution in [0.4, 0.5) is 21.7 Å². The highest BCUT2D eigenvalue weighted by atomic mass is 35.5. The van der Waals surface area contributed by atoms with Gasteiger partial charge in [-0.05, 0) is 54.8 Å².